The van der Waals surface area contributed by atoms with E-state index in [-0.39, 0.29) is 6.10 Å². The average Bonchev–Trinajstić information content (AvgIpc) is 2.28. The van der Waals surface area contributed by atoms with E-state index in [0.29, 0.717) is 19.4 Å². The summed E-state index contributed by atoms with van der Waals surface area (Å²) in [7, 11) is 0. The zero-order chi connectivity index (χ0) is 12.3. The van der Waals surface area contributed by atoms with Gasteiger partial charge in [0, 0.05) is 24.5 Å². The molecular formula is C14H19ClO2. The second kappa shape index (κ2) is 5.38. The fraction of sp³-hybridized carbons (Fsp3) is 0.571. The lowest BCUT2D eigenvalue weighted by Gasteiger charge is -2.36. The molecule has 0 aliphatic carbocycles. The minimum absolute atomic E-state index is 0.188. The third-order valence-electron chi connectivity index (χ3n) is 3.41. The first kappa shape index (κ1) is 12.9. The zero-order valence-corrected chi connectivity index (χ0v) is 10.9. The molecular weight excluding hydrogens is 236 g/mol. The fourth-order valence-electron chi connectivity index (χ4n) is 2.45. The summed E-state index contributed by atoms with van der Waals surface area (Å²) in [6, 6.07) is 7.72. The largest absolute Gasteiger partial charge is 0.389 e. The Hall–Kier alpha value is -0.570. The van der Waals surface area contributed by atoms with Crippen molar-refractivity contribution in [2.24, 2.45) is 0 Å². The third kappa shape index (κ3) is 3.44. The molecule has 2 rings (SSSR count). The van der Waals surface area contributed by atoms with Gasteiger partial charge in [0.1, 0.15) is 0 Å². The SMILES string of the molecule is CCC1CC(O)(Cc2cccc(Cl)c2)CCO1. The molecule has 2 unspecified atom stereocenters. The van der Waals surface area contributed by atoms with Gasteiger partial charge in [-0.1, -0.05) is 30.7 Å². The highest BCUT2D eigenvalue weighted by atomic mass is 35.5. The van der Waals surface area contributed by atoms with Crippen molar-refractivity contribution in [3.8, 4) is 0 Å². The molecule has 2 nitrogen and oxygen atoms in total. The lowest BCUT2D eigenvalue weighted by Crippen LogP contribution is -2.42. The number of ether oxygens (including phenoxy) is 1. The van der Waals surface area contributed by atoms with Crippen LogP contribution in [-0.2, 0) is 11.2 Å². The predicted octanol–water partition coefficient (Wildman–Crippen LogP) is 3.20. The van der Waals surface area contributed by atoms with Gasteiger partial charge < -0.3 is 9.84 Å². The van der Waals surface area contributed by atoms with Crippen LogP contribution in [0.15, 0.2) is 24.3 Å². The maximum atomic E-state index is 10.6. The zero-order valence-electron chi connectivity index (χ0n) is 10.2. The van der Waals surface area contributed by atoms with Crippen LogP contribution in [0, 0.1) is 0 Å². The van der Waals surface area contributed by atoms with E-state index in [2.05, 4.69) is 6.92 Å². The van der Waals surface area contributed by atoms with E-state index in [1.54, 1.807) is 0 Å². The van der Waals surface area contributed by atoms with Crippen LogP contribution in [0.3, 0.4) is 0 Å². The Morgan fingerprint density at radius 3 is 3.06 bits per heavy atom. The van der Waals surface area contributed by atoms with E-state index >= 15 is 0 Å². The fourth-order valence-corrected chi connectivity index (χ4v) is 2.66. The maximum absolute atomic E-state index is 10.6. The molecule has 1 N–H and O–H groups in total. The second-order valence-corrected chi connectivity index (χ2v) is 5.32. The molecule has 2 atom stereocenters. The second-order valence-electron chi connectivity index (χ2n) is 4.89. The maximum Gasteiger partial charge on any atom is 0.0734 e. The van der Waals surface area contributed by atoms with E-state index < -0.39 is 5.60 Å². The first-order valence-electron chi connectivity index (χ1n) is 6.20. The normalized spacial score (nSPS) is 29.2. The predicted molar refractivity (Wildman–Crippen MR) is 69.4 cm³/mol. The standard InChI is InChI=1S/C14H19ClO2/c1-2-13-10-14(16,6-7-17-13)9-11-4-3-5-12(15)8-11/h3-5,8,13,16H,2,6-7,9-10H2,1H3. The van der Waals surface area contributed by atoms with E-state index in [1.165, 1.54) is 0 Å². The van der Waals surface area contributed by atoms with Crippen molar-refractivity contribution in [2.75, 3.05) is 6.61 Å². The molecule has 0 spiro atoms. The molecule has 0 amide bonds. The average molecular weight is 255 g/mol. The van der Waals surface area contributed by atoms with Crippen LogP contribution in [0.1, 0.15) is 31.7 Å². The number of hydrogen-bond donors (Lipinski definition) is 1. The molecule has 0 aromatic heterocycles. The smallest absolute Gasteiger partial charge is 0.0734 e. The molecule has 94 valence electrons. The van der Waals surface area contributed by atoms with Crippen molar-refractivity contribution < 1.29 is 9.84 Å². The van der Waals surface area contributed by atoms with Crippen LogP contribution >= 0.6 is 11.6 Å². The van der Waals surface area contributed by atoms with Crippen LogP contribution in [0.4, 0.5) is 0 Å². The number of rotatable bonds is 3. The van der Waals surface area contributed by atoms with E-state index in [9.17, 15) is 5.11 Å². The van der Waals surface area contributed by atoms with Gasteiger partial charge in [-0.25, -0.2) is 0 Å². The third-order valence-corrected chi connectivity index (χ3v) is 3.64. The number of benzene rings is 1. The van der Waals surface area contributed by atoms with Gasteiger partial charge in [0.05, 0.1) is 11.7 Å². The Bertz CT molecular complexity index is 380. The van der Waals surface area contributed by atoms with Crippen molar-refractivity contribution in [1.29, 1.82) is 0 Å². The molecule has 1 aromatic rings. The summed E-state index contributed by atoms with van der Waals surface area (Å²) in [5.74, 6) is 0. The van der Waals surface area contributed by atoms with Gasteiger partial charge in [0.2, 0.25) is 0 Å². The molecule has 1 aliphatic heterocycles. The quantitative estimate of drug-likeness (QED) is 0.898. The van der Waals surface area contributed by atoms with E-state index in [0.717, 1.165) is 23.4 Å². The van der Waals surface area contributed by atoms with Gasteiger partial charge in [0.25, 0.3) is 0 Å². The molecule has 1 fully saturated rings. The van der Waals surface area contributed by atoms with Crippen LogP contribution in [0.2, 0.25) is 5.02 Å². The molecule has 17 heavy (non-hydrogen) atoms. The van der Waals surface area contributed by atoms with Crippen LogP contribution < -0.4 is 0 Å². The Kier molecular flexibility index (Phi) is 4.08. The van der Waals surface area contributed by atoms with Crippen molar-refractivity contribution in [1.82, 2.24) is 0 Å². The number of hydrogen-bond acceptors (Lipinski definition) is 2. The summed E-state index contributed by atoms with van der Waals surface area (Å²) in [5, 5.41) is 11.3. The van der Waals surface area contributed by atoms with Gasteiger partial charge in [0.15, 0.2) is 0 Å². The summed E-state index contributed by atoms with van der Waals surface area (Å²) in [6.07, 6.45) is 3.23. The molecule has 0 radical (unpaired) electrons. The Morgan fingerprint density at radius 1 is 1.53 bits per heavy atom. The van der Waals surface area contributed by atoms with Crippen molar-refractivity contribution in [2.45, 2.75) is 44.3 Å². The van der Waals surface area contributed by atoms with Gasteiger partial charge in [-0.15, -0.1) is 0 Å². The molecule has 1 saturated heterocycles. The number of aliphatic hydroxyl groups is 1. The number of halogens is 1. The summed E-state index contributed by atoms with van der Waals surface area (Å²) >= 11 is 5.96. The van der Waals surface area contributed by atoms with E-state index in [1.807, 2.05) is 24.3 Å². The molecule has 0 saturated carbocycles. The van der Waals surface area contributed by atoms with Crippen molar-refractivity contribution in [3.63, 3.8) is 0 Å². The van der Waals surface area contributed by atoms with Crippen LogP contribution in [0.5, 0.6) is 0 Å². The van der Waals surface area contributed by atoms with Gasteiger partial charge in [-0.05, 0) is 30.5 Å². The van der Waals surface area contributed by atoms with Crippen molar-refractivity contribution in [3.05, 3.63) is 34.9 Å². The van der Waals surface area contributed by atoms with Crippen molar-refractivity contribution >= 4 is 11.6 Å². The highest BCUT2D eigenvalue weighted by Gasteiger charge is 2.34. The lowest BCUT2D eigenvalue weighted by molar-refractivity contribution is -0.103. The highest BCUT2D eigenvalue weighted by Crippen LogP contribution is 2.30. The van der Waals surface area contributed by atoms with Crippen LogP contribution in [0.25, 0.3) is 0 Å². The molecule has 1 heterocycles. The minimum atomic E-state index is -0.635. The monoisotopic (exact) mass is 254 g/mol. The summed E-state index contributed by atoms with van der Waals surface area (Å²) in [6.45, 7) is 2.74. The molecule has 3 heteroatoms. The van der Waals surface area contributed by atoms with Gasteiger partial charge >= 0.3 is 0 Å². The summed E-state index contributed by atoms with van der Waals surface area (Å²) in [5.41, 5.74) is 0.459. The molecule has 1 aromatic carbocycles. The molecule has 0 bridgehead atoms. The minimum Gasteiger partial charge on any atom is -0.389 e. The lowest BCUT2D eigenvalue weighted by atomic mass is 9.84. The van der Waals surface area contributed by atoms with Gasteiger partial charge in [-0.2, -0.15) is 0 Å². The Morgan fingerprint density at radius 2 is 2.35 bits per heavy atom. The van der Waals surface area contributed by atoms with Gasteiger partial charge in [-0.3, -0.25) is 0 Å². The summed E-state index contributed by atoms with van der Waals surface area (Å²) in [4.78, 5) is 0. The topological polar surface area (TPSA) is 29.5 Å². The summed E-state index contributed by atoms with van der Waals surface area (Å²) < 4.78 is 5.60. The highest BCUT2D eigenvalue weighted by molar-refractivity contribution is 6.30. The first-order chi connectivity index (χ1) is 8.11. The molecule has 1 aliphatic rings. The van der Waals surface area contributed by atoms with E-state index in [4.69, 9.17) is 16.3 Å². The Balaban J connectivity index is 2.06. The van der Waals surface area contributed by atoms with Crippen LogP contribution in [-0.4, -0.2) is 23.4 Å². The first-order valence-corrected chi connectivity index (χ1v) is 6.57. The Labute approximate surface area is 108 Å².